The van der Waals surface area contributed by atoms with Crippen LogP contribution >= 0.6 is 11.6 Å². The van der Waals surface area contributed by atoms with E-state index in [1.807, 2.05) is 12.1 Å². The number of likely N-dealkylation sites (tertiary alicyclic amines) is 1. The molecule has 2 heterocycles. The van der Waals surface area contributed by atoms with Crippen molar-refractivity contribution in [3.05, 3.63) is 22.8 Å². The Hall–Kier alpha value is -0.800. The standard InChI is InChI=1S/C16H26ClN3/c1-2-10-18-16-9-8-14(17)15(19-16)13-20-11-6-4-3-5-7-12-20/h8-9H,2-7,10-13H2,1H3,(H,18,19). The van der Waals surface area contributed by atoms with Gasteiger partial charge in [0.1, 0.15) is 5.82 Å². The predicted octanol–water partition coefficient (Wildman–Crippen LogP) is 4.32. The number of hydrogen-bond donors (Lipinski definition) is 1. The largest absolute Gasteiger partial charge is 0.370 e. The van der Waals surface area contributed by atoms with Crippen LogP contribution in [0.15, 0.2) is 12.1 Å². The van der Waals surface area contributed by atoms with E-state index >= 15 is 0 Å². The van der Waals surface area contributed by atoms with Crippen molar-refractivity contribution < 1.29 is 0 Å². The van der Waals surface area contributed by atoms with Crippen LogP contribution in [0.3, 0.4) is 0 Å². The third-order valence-corrected chi connectivity index (χ3v) is 4.14. The van der Waals surface area contributed by atoms with Crippen molar-refractivity contribution in [1.82, 2.24) is 9.88 Å². The van der Waals surface area contributed by atoms with Gasteiger partial charge in [-0.25, -0.2) is 4.98 Å². The maximum absolute atomic E-state index is 6.31. The second kappa shape index (κ2) is 8.48. The summed E-state index contributed by atoms with van der Waals surface area (Å²) in [6.07, 6.45) is 7.80. The number of pyridine rings is 1. The summed E-state index contributed by atoms with van der Waals surface area (Å²) in [4.78, 5) is 7.17. The highest BCUT2D eigenvalue weighted by atomic mass is 35.5. The maximum Gasteiger partial charge on any atom is 0.126 e. The summed E-state index contributed by atoms with van der Waals surface area (Å²) in [5.74, 6) is 0.943. The summed E-state index contributed by atoms with van der Waals surface area (Å²) in [7, 11) is 0. The SMILES string of the molecule is CCCNc1ccc(Cl)c(CN2CCCCCCC2)n1. The first-order valence-corrected chi connectivity index (χ1v) is 8.29. The first kappa shape index (κ1) is 15.6. The van der Waals surface area contributed by atoms with Crippen molar-refractivity contribution in [2.24, 2.45) is 0 Å². The molecule has 0 radical (unpaired) electrons. The van der Waals surface area contributed by atoms with Crippen LogP contribution in [0.25, 0.3) is 0 Å². The molecular formula is C16H26ClN3. The Balaban J connectivity index is 1.98. The van der Waals surface area contributed by atoms with Crippen LogP contribution < -0.4 is 5.32 Å². The lowest BCUT2D eigenvalue weighted by molar-refractivity contribution is 0.237. The Bertz CT molecular complexity index is 401. The third-order valence-electron chi connectivity index (χ3n) is 3.80. The summed E-state index contributed by atoms with van der Waals surface area (Å²) in [5, 5.41) is 4.12. The zero-order valence-electron chi connectivity index (χ0n) is 12.5. The molecule has 1 aliphatic rings. The molecule has 1 saturated heterocycles. The molecule has 0 amide bonds. The number of rotatable bonds is 5. The van der Waals surface area contributed by atoms with Gasteiger partial charge < -0.3 is 5.32 Å². The van der Waals surface area contributed by atoms with Gasteiger partial charge in [-0.1, -0.05) is 37.8 Å². The van der Waals surface area contributed by atoms with E-state index in [1.54, 1.807) is 0 Å². The van der Waals surface area contributed by atoms with Gasteiger partial charge in [0, 0.05) is 13.1 Å². The Morgan fingerprint density at radius 1 is 1.15 bits per heavy atom. The van der Waals surface area contributed by atoms with Crippen LogP contribution in [0.1, 0.15) is 51.1 Å². The lowest BCUT2D eigenvalue weighted by Crippen LogP contribution is -2.27. The summed E-state index contributed by atoms with van der Waals surface area (Å²) < 4.78 is 0. The Labute approximate surface area is 127 Å². The van der Waals surface area contributed by atoms with Crippen molar-refractivity contribution in [3.63, 3.8) is 0 Å². The molecule has 112 valence electrons. The minimum absolute atomic E-state index is 0.786. The predicted molar refractivity (Wildman–Crippen MR) is 86.4 cm³/mol. The van der Waals surface area contributed by atoms with E-state index in [0.29, 0.717) is 0 Å². The van der Waals surface area contributed by atoms with Crippen LogP contribution in [0.2, 0.25) is 5.02 Å². The molecule has 0 saturated carbocycles. The first-order valence-electron chi connectivity index (χ1n) is 7.91. The summed E-state index contributed by atoms with van der Waals surface area (Å²) in [5.41, 5.74) is 1.01. The molecule has 1 N–H and O–H groups in total. The number of anilines is 1. The van der Waals surface area contributed by atoms with Crippen LogP contribution in [0.4, 0.5) is 5.82 Å². The minimum atomic E-state index is 0.786. The molecule has 1 aromatic heterocycles. The molecular weight excluding hydrogens is 270 g/mol. The van der Waals surface area contributed by atoms with E-state index in [9.17, 15) is 0 Å². The lowest BCUT2D eigenvalue weighted by Gasteiger charge is -2.24. The van der Waals surface area contributed by atoms with E-state index < -0.39 is 0 Å². The molecule has 20 heavy (non-hydrogen) atoms. The van der Waals surface area contributed by atoms with Gasteiger partial charge in [0.15, 0.2) is 0 Å². The molecule has 0 spiro atoms. The monoisotopic (exact) mass is 295 g/mol. The van der Waals surface area contributed by atoms with Crippen molar-refractivity contribution in [2.45, 2.75) is 52.0 Å². The fraction of sp³-hybridized carbons (Fsp3) is 0.688. The number of nitrogens with zero attached hydrogens (tertiary/aromatic N) is 2. The van der Waals surface area contributed by atoms with Gasteiger partial charge in [0.25, 0.3) is 0 Å². The zero-order valence-corrected chi connectivity index (χ0v) is 13.3. The quantitative estimate of drug-likeness (QED) is 0.877. The fourth-order valence-corrected chi connectivity index (χ4v) is 2.79. The maximum atomic E-state index is 6.31. The molecule has 1 aromatic rings. The molecule has 0 bridgehead atoms. The van der Waals surface area contributed by atoms with Crippen molar-refractivity contribution in [3.8, 4) is 0 Å². The van der Waals surface area contributed by atoms with Crippen LogP contribution in [0.5, 0.6) is 0 Å². The van der Waals surface area contributed by atoms with E-state index in [2.05, 4.69) is 22.1 Å². The molecule has 1 aliphatic heterocycles. The molecule has 0 atom stereocenters. The molecule has 4 heteroatoms. The van der Waals surface area contributed by atoms with Gasteiger partial charge in [-0.3, -0.25) is 4.90 Å². The normalized spacial score (nSPS) is 17.5. The molecule has 0 unspecified atom stereocenters. The third kappa shape index (κ3) is 4.95. The number of aromatic nitrogens is 1. The summed E-state index contributed by atoms with van der Waals surface area (Å²) in [6.45, 7) is 6.33. The van der Waals surface area contributed by atoms with Gasteiger partial charge in [-0.15, -0.1) is 0 Å². The van der Waals surface area contributed by atoms with E-state index in [-0.39, 0.29) is 0 Å². The van der Waals surface area contributed by atoms with E-state index in [1.165, 1.54) is 45.2 Å². The lowest BCUT2D eigenvalue weighted by atomic mass is 10.1. The summed E-state index contributed by atoms with van der Waals surface area (Å²) >= 11 is 6.31. The molecule has 1 fully saturated rings. The Kier molecular flexibility index (Phi) is 6.61. The Morgan fingerprint density at radius 2 is 1.85 bits per heavy atom. The first-order chi connectivity index (χ1) is 9.79. The molecule has 3 nitrogen and oxygen atoms in total. The highest BCUT2D eigenvalue weighted by Crippen LogP contribution is 2.20. The highest BCUT2D eigenvalue weighted by molar-refractivity contribution is 6.31. The van der Waals surface area contributed by atoms with Gasteiger partial charge in [0.05, 0.1) is 10.7 Å². The molecule has 0 aliphatic carbocycles. The van der Waals surface area contributed by atoms with Crippen LogP contribution in [-0.4, -0.2) is 29.5 Å². The van der Waals surface area contributed by atoms with Crippen LogP contribution in [-0.2, 0) is 6.54 Å². The van der Waals surface area contributed by atoms with Gasteiger partial charge >= 0.3 is 0 Å². The average molecular weight is 296 g/mol. The number of halogens is 1. The van der Waals surface area contributed by atoms with Crippen molar-refractivity contribution in [1.29, 1.82) is 0 Å². The van der Waals surface area contributed by atoms with E-state index in [0.717, 1.165) is 36.0 Å². The van der Waals surface area contributed by atoms with Gasteiger partial charge in [-0.05, 0) is 44.5 Å². The van der Waals surface area contributed by atoms with Crippen molar-refractivity contribution in [2.75, 3.05) is 25.0 Å². The van der Waals surface area contributed by atoms with Gasteiger partial charge in [0.2, 0.25) is 0 Å². The number of nitrogens with one attached hydrogen (secondary N) is 1. The molecule has 2 rings (SSSR count). The smallest absolute Gasteiger partial charge is 0.126 e. The van der Waals surface area contributed by atoms with Gasteiger partial charge in [-0.2, -0.15) is 0 Å². The number of hydrogen-bond acceptors (Lipinski definition) is 3. The minimum Gasteiger partial charge on any atom is -0.370 e. The summed E-state index contributed by atoms with van der Waals surface area (Å²) in [6, 6.07) is 3.93. The zero-order chi connectivity index (χ0) is 14.2. The molecule has 0 aromatic carbocycles. The van der Waals surface area contributed by atoms with Crippen molar-refractivity contribution >= 4 is 17.4 Å². The Morgan fingerprint density at radius 3 is 2.55 bits per heavy atom. The highest BCUT2D eigenvalue weighted by Gasteiger charge is 2.12. The fourth-order valence-electron chi connectivity index (χ4n) is 2.63. The van der Waals surface area contributed by atoms with Crippen LogP contribution in [0, 0.1) is 0 Å². The second-order valence-electron chi connectivity index (χ2n) is 5.60. The topological polar surface area (TPSA) is 28.2 Å². The van der Waals surface area contributed by atoms with E-state index in [4.69, 9.17) is 11.6 Å². The average Bonchev–Trinajstić information content (AvgIpc) is 2.42. The second-order valence-corrected chi connectivity index (χ2v) is 6.00.